The minimum atomic E-state index is -3.02. The van der Waals surface area contributed by atoms with E-state index in [2.05, 4.69) is 15.9 Å². The Morgan fingerprint density at radius 2 is 2.12 bits per heavy atom. The molecule has 1 rings (SSSR count). The molecule has 1 fully saturated rings. The number of alkyl halides is 1. The molecule has 0 spiro atoms. The van der Waals surface area contributed by atoms with Gasteiger partial charge >= 0.3 is 0 Å². The first-order chi connectivity index (χ1) is 7.45. The highest BCUT2D eigenvalue weighted by Gasteiger charge is 2.28. The molecule has 0 aromatic carbocycles. The molecule has 96 valence electrons. The molecule has 16 heavy (non-hydrogen) atoms. The van der Waals surface area contributed by atoms with Gasteiger partial charge in [-0.3, -0.25) is 0 Å². The van der Waals surface area contributed by atoms with Crippen molar-refractivity contribution in [2.75, 3.05) is 24.2 Å². The van der Waals surface area contributed by atoms with Crippen molar-refractivity contribution in [1.29, 1.82) is 0 Å². The summed E-state index contributed by atoms with van der Waals surface area (Å²) < 4.78 is 25.8. The maximum absolute atomic E-state index is 12.1. The summed E-state index contributed by atoms with van der Waals surface area (Å²) in [5, 5.41) is 0.968. The number of hydrogen-bond donors (Lipinski definition) is 0. The Bertz CT molecular complexity index is 301. The normalized spacial score (nSPS) is 23.9. The van der Waals surface area contributed by atoms with Gasteiger partial charge in [-0.1, -0.05) is 29.8 Å². The topological polar surface area (TPSA) is 37.4 Å². The second kappa shape index (κ2) is 6.36. The summed E-state index contributed by atoms with van der Waals surface area (Å²) in [5.74, 6) is 1.03. The Morgan fingerprint density at radius 1 is 1.44 bits per heavy atom. The highest BCUT2D eigenvalue weighted by molar-refractivity contribution is 9.09. The first-order valence-corrected chi connectivity index (χ1v) is 8.72. The Labute approximate surface area is 108 Å². The minimum Gasteiger partial charge on any atom is -0.212 e. The third-order valence-electron chi connectivity index (χ3n) is 2.94. The van der Waals surface area contributed by atoms with E-state index in [9.17, 15) is 8.42 Å². The number of halogens is 1. The van der Waals surface area contributed by atoms with Crippen molar-refractivity contribution in [2.24, 2.45) is 11.8 Å². The van der Waals surface area contributed by atoms with Crippen LogP contribution in [0.1, 0.15) is 33.1 Å². The Balaban J connectivity index is 2.59. The summed E-state index contributed by atoms with van der Waals surface area (Å²) in [6, 6.07) is 0. The highest BCUT2D eigenvalue weighted by Crippen LogP contribution is 2.23. The van der Waals surface area contributed by atoms with Gasteiger partial charge in [0, 0.05) is 18.4 Å². The molecule has 5 heteroatoms. The summed E-state index contributed by atoms with van der Waals surface area (Å²) in [5.41, 5.74) is 0. The average Bonchev–Trinajstić information content (AvgIpc) is 2.16. The van der Waals surface area contributed by atoms with E-state index >= 15 is 0 Å². The fourth-order valence-electron chi connectivity index (χ4n) is 2.20. The lowest BCUT2D eigenvalue weighted by atomic mass is 9.97. The lowest BCUT2D eigenvalue weighted by Crippen LogP contribution is -2.41. The fourth-order valence-corrected chi connectivity index (χ4v) is 4.74. The molecular weight excluding hydrogens is 290 g/mol. The maximum atomic E-state index is 12.1. The van der Waals surface area contributed by atoms with E-state index in [0.717, 1.165) is 24.7 Å². The third kappa shape index (κ3) is 4.34. The third-order valence-corrected chi connectivity index (χ3v) is 5.60. The fraction of sp³-hybridized carbons (Fsp3) is 1.00. The molecule has 1 heterocycles. The van der Waals surface area contributed by atoms with E-state index in [1.165, 1.54) is 6.42 Å². The maximum Gasteiger partial charge on any atom is 0.214 e. The van der Waals surface area contributed by atoms with Crippen molar-refractivity contribution in [3.05, 3.63) is 0 Å². The van der Waals surface area contributed by atoms with Crippen molar-refractivity contribution in [3.63, 3.8) is 0 Å². The molecule has 0 saturated carbocycles. The van der Waals surface area contributed by atoms with Crippen LogP contribution in [0.25, 0.3) is 0 Å². The van der Waals surface area contributed by atoms with Gasteiger partial charge in [-0.25, -0.2) is 12.7 Å². The second-order valence-electron chi connectivity index (χ2n) is 5.02. The van der Waals surface area contributed by atoms with Gasteiger partial charge in [-0.15, -0.1) is 0 Å². The summed E-state index contributed by atoms with van der Waals surface area (Å²) in [7, 11) is -3.02. The SMILES string of the molecule is CC(C)CS(=O)(=O)N1CCCC(CCBr)C1. The zero-order valence-electron chi connectivity index (χ0n) is 10.2. The van der Waals surface area contributed by atoms with Crippen LogP contribution in [0.5, 0.6) is 0 Å². The molecule has 0 radical (unpaired) electrons. The van der Waals surface area contributed by atoms with E-state index in [0.29, 0.717) is 12.5 Å². The van der Waals surface area contributed by atoms with Crippen LogP contribution in [0.15, 0.2) is 0 Å². The van der Waals surface area contributed by atoms with Crippen molar-refractivity contribution < 1.29 is 8.42 Å². The van der Waals surface area contributed by atoms with Crippen LogP contribution in [0.2, 0.25) is 0 Å². The smallest absolute Gasteiger partial charge is 0.212 e. The average molecular weight is 312 g/mol. The van der Waals surface area contributed by atoms with Crippen LogP contribution in [0.3, 0.4) is 0 Å². The lowest BCUT2D eigenvalue weighted by molar-refractivity contribution is 0.262. The van der Waals surface area contributed by atoms with Gasteiger partial charge in [-0.2, -0.15) is 0 Å². The van der Waals surface area contributed by atoms with Gasteiger partial charge in [0.15, 0.2) is 0 Å². The largest absolute Gasteiger partial charge is 0.214 e. The Hall–Kier alpha value is 0.390. The lowest BCUT2D eigenvalue weighted by Gasteiger charge is -2.32. The van der Waals surface area contributed by atoms with Crippen LogP contribution < -0.4 is 0 Å². The van der Waals surface area contributed by atoms with E-state index in [4.69, 9.17) is 0 Å². The van der Waals surface area contributed by atoms with Gasteiger partial charge < -0.3 is 0 Å². The molecule has 1 atom stereocenters. The molecule has 0 aromatic heterocycles. The van der Waals surface area contributed by atoms with Gasteiger partial charge in [0.2, 0.25) is 10.0 Å². The number of nitrogens with zero attached hydrogens (tertiary/aromatic N) is 1. The molecule has 0 amide bonds. The van der Waals surface area contributed by atoms with Gasteiger partial charge in [0.1, 0.15) is 0 Å². The van der Waals surface area contributed by atoms with Crippen molar-refractivity contribution >= 4 is 26.0 Å². The molecular formula is C11H22BrNO2S. The van der Waals surface area contributed by atoms with E-state index < -0.39 is 10.0 Å². The molecule has 1 aliphatic rings. The molecule has 0 aliphatic carbocycles. The van der Waals surface area contributed by atoms with Crippen molar-refractivity contribution in [3.8, 4) is 0 Å². The first kappa shape index (κ1) is 14.5. The van der Waals surface area contributed by atoms with Crippen LogP contribution in [-0.2, 0) is 10.0 Å². The van der Waals surface area contributed by atoms with Gasteiger partial charge in [0.25, 0.3) is 0 Å². The monoisotopic (exact) mass is 311 g/mol. The zero-order chi connectivity index (χ0) is 12.2. The summed E-state index contributed by atoms with van der Waals surface area (Å²) >= 11 is 3.43. The standard InChI is InChI=1S/C11H22BrNO2S/c1-10(2)9-16(14,15)13-7-3-4-11(8-13)5-6-12/h10-11H,3-9H2,1-2H3. The zero-order valence-corrected chi connectivity index (χ0v) is 12.6. The van der Waals surface area contributed by atoms with Crippen molar-refractivity contribution in [2.45, 2.75) is 33.1 Å². The van der Waals surface area contributed by atoms with E-state index in [1.807, 2.05) is 13.8 Å². The highest BCUT2D eigenvalue weighted by atomic mass is 79.9. The van der Waals surface area contributed by atoms with Gasteiger partial charge in [-0.05, 0) is 31.1 Å². The van der Waals surface area contributed by atoms with Crippen molar-refractivity contribution in [1.82, 2.24) is 4.31 Å². The summed E-state index contributed by atoms with van der Waals surface area (Å²) in [6.45, 7) is 5.35. The Morgan fingerprint density at radius 3 is 2.69 bits per heavy atom. The minimum absolute atomic E-state index is 0.210. The van der Waals surface area contributed by atoms with Crippen LogP contribution in [0.4, 0.5) is 0 Å². The van der Waals surface area contributed by atoms with Gasteiger partial charge in [0.05, 0.1) is 5.75 Å². The second-order valence-corrected chi connectivity index (χ2v) is 7.82. The molecule has 3 nitrogen and oxygen atoms in total. The molecule has 1 saturated heterocycles. The van der Waals surface area contributed by atoms with Crippen LogP contribution in [-0.4, -0.2) is 36.9 Å². The number of hydrogen-bond acceptors (Lipinski definition) is 2. The summed E-state index contributed by atoms with van der Waals surface area (Å²) in [4.78, 5) is 0. The molecule has 0 aromatic rings. The summed E-state index contributed by atoms with van der Waals surface area (Å²) in [6.07, 6.45) is 3.25. The number of sulfonamides is 1. The van der Waals surface area contributed by atoms with E-state index in [1.54, 1.807) is 4.31 Å². The quantitative estimate of drug-likeness (QED) is 0.731. The number of piperidine rings is 1. The molecule has 0 bridgehead atoms. The number of rotatable bonds is 5. The molecule has 1 unspecified atom stereocenters. The predicted octanol–water partition coefficient (Wildman–Crippen LogP) is 2.47. The van der Waals surface area contributed by atoms with E-state index in [-0.39, 0.29) is 11.7 Å². The van der Waals surface area contributed by atoms with Crippen LogP contribution >= 0.6 is 15.9 Å². The predicted molar refractivity (Wildman–Crippen MR) is 71.3 cm³/mol. The Kier molecular flexibility index (Phi) is 5.74. The molecule has 1 aliphatic heterocycles. The molecule has 0 N–H and O–H groups in total. The van der Waals surface area contributed by atoms with Crippen LogP contribution in [0, 0.1) is 11.8 Å². The first-order valence-electron chi connectivity index (χ1n) is 5.99.